The highest BCUT2D eigenvalue weighted by atomic mass is 35.5. The Kier molecular flexibility index (Phi) is 11.2. The average molecular weight is 619 g/mol. The van der Waals surface area contributed by atoms with Crippen LogP contribution in [-0.4, -0.2) is 50.5 Å². The van der Waals surface area contributed by atoms with Crippen LogP contribution < -0.4 is 9.62 Å². The maximum atomic E-state index is 14.2. The summed E-state index contributed by atoms with van der Waals surface area (Å²) in [6, 6.07) is 18.8. The summed E-state index contributed by atoms with van der Waals surface area (Å²) in [4.78, 5) is 29.3. The van der Waals surface area contributed by atoms with Crippen molar-refractivity contribution in [2.45, 2.75) is 46.7 Å². The molecule has 0 heterocycles. The van der Waals surface area contributed by atoms with Crippen LogP contribution in [0.4, 0.5) is 5.69 Å². The molecule has 1 N–H and O–H groups in total. The lowest BCUT2D eigenvalue weighted by atomic mass is 10.0. The summed E-state index contributed by atoms with van der Waals surface area (Å²) < 4.78 is 27.1. The Bertz CT molecular complexity index is 1480. The third-order valence-electron chi connectivity index (χ3n) is 6.82. The zero-order valence-corrected chi connectivity index (χ0v) is 26.4. The Morgan fingerprint density at radius 3 is 2.20 bits per heavy atom. The van der Waals surface area contributed by atoms with Gasteiger partial charge < -0.3 is 10.2 Å². The number of carbonyl (C=O) groups is 2. The van der Waals surface area contributed by atoms with Crippen LogP contribution in [0.1, 0.15) is 36.1 Å². The first kappa shape index (κ1) is 32.4. The van der Waals surface area contributed by atoms with Crippen molar-refractivity contribution in [3.05, 3.63) is 99.0 Å². The Morgan fingerprint density at radius 2 is 1.59 bits per heavy atom. The zero-order valence-electron chi connectivity index (χ0n) is 24.0. The number of anilines is 1. The number of hydrogen-bond acceptors (Lipinski definition) is 4. The van der Waals surface area contributed by atoms with Crippen LogP contribution in [-0.2, 0) is 32.6 Å². The molecule has 2 amide bonds. The fraction of sp³-hybridized carbons (Fsp3) is 0.355. The molecule has 1 unspecified atom stereocenters. The predicted octanol–water partition coefficient (Wildman–Crippen LogP) is 5.79. The second kappa shape index (κ2) is 14.2. The smallest absolute Gasteiger partial charge is 0.244 e. The molecule has 0 fully saturated rings. The molecule has 0 aliphatic heterocycles. The molecule has 7 nitrogen and oxygen atoms in total. The molecule has 0 bridgehead atoms. The Balaban J connectivity index is 2.09. The number of nitrogens with one attached hydrogen (secondary N) is 1. The van der Waals surface area contributed by atoms with Crippen molar-refractivity contribution >= 4 is 50.7 Å². The van der Waals surface area contributed by atoms with Crippen molar-refractivity contribution < 1.29 is 18.0 Å². The van der Waals surface area contributed by atoms with Gasteiger partial charge in [0.2, 0.25) is 21.8 Å². The summed E-state index contributed by atoms with van der Waals surface area (Å²) in [6.07, 6.45) is 1.31. The van der Waals surface area contributed by atoms with Crippen molar-refractivity contribution in [2.24, 2.45) is 5.92 Å². The standard InChI is InChI=1S/C31H37Cl2N3O4S/c1-21(2)18-34-31(38)29(17-24-11-7-6-8-12-24)35(19-25-14-15-26(32)27(33)16-25)30(37)20-36(41(5,39)40)28-13-9-10-22(3)23(28)4/h6-16,21,29H,17-20H2,1-5H3,(H,34,38). The highest BCUT2D eigenvalue weighted by Gasteiger charge is 2.33. The summed E-state index contributed by atoms with van der Waals surface area (Å²) >= 11 is 12.4. The maximum Gasteiger partial charge on any atom is 0.244 e. The largest absolute Gasteiger partial charge is 0.354 e. The highest BCUT2D eigenvalue weighted by Crippen LogP contribution is 2.27. The summed E-state index contributed by atoms with van der Waals surface area (Å²) in [6.45, 7) is 7.64. The molecule has 3 rings (SSSR count). The van der Waals surface area contributed by atoms with Gasteiger partial charge in [0.05, 0.1) is 22.0 Å². The minimum Gasteiger partial charge on any atom is -0.354 e. The van der Waals surface area contributed by atoms with E-state index in [1.807, 2.05) is 64.1 Å². The molecular formula is C31H37Cl2N3O4S. The van der Waals surface area contributed by atoms with E-state index in [1.165, 1.54) is 4.90 Å². The normalized spacial score (nSPS) is 12.2. The summed E-state index contributed by atoms with van der Waals surface area (Å²) in [5.41, 5.74) is 3.57. The van der Waals surface area contributed by atoms with E-state index in [0.717, 1.165) is 27.3 Å². The van der Waals surface area contributed by atoms with Gasteiger partial charge in [-0.05, 0) is 60.2 Å². The van der Waals surface area contributed by atoms with Gasteiger partial charge in [0, 0.05) is 19.5 Å². The van der Waals surface area contributed by atoms with E-state index in [-0.39, 0.29) is 24.8 Å². The summed E-state index contributed by atoms with van der Waals surface area (Å²) in [7, 11) is -3.85. The van der Waals surface area contributed by atoms with E-state index in [0.29, 0.717) is 27.8 Å². The van der Waals surface area contributed by atoms with Gasteiger partial charge >= 0.3 is 0 Å². The summed E-state index contributed by atoms with van der Waals surface area (Å²) in [5.74, 6) is -0.655. The molecule has 0 spiro atoms. The first-order valence-electron chi connectivity index (χ1n) is 13.4. The minimum atomic E-state index is -3.85. The van der Waals surface area contributed by atoms with Gasteiger partial charge in [-0.15, -0.1) is 0 Å². The van der Waals surface area contributed by atoms with E-state index >= 15 is 0 Å². The lowest BCUT2D eigenvalue weighted by Crippen LogP contribution is -2.53. The molecule has 0 aliphatic rings. The number of halogens is 2. The van der Waals surface area contributed by atoms with E-state index in [9.17, 15) is 18.0 Å². The number of nitrogens with zero attached hydrogens (tertiary/aromatic N) is 2. The van der Waals surface area contributed by atoms with Crippen molar-refractivity contribution in [1.82, 2.24) is 10.2 Å². The number of hydrogen-bond donors (Lipinski definition) is 1. The fourth-order valence-electron chi connectivity index (χ4n) is 4.41. The van der Waals surface area contributed by atoms with E-state index < -0.39 is 28.5 Å². The van der Waals surface area contributed by atoms with Crippen molar-refractivity contribution in [1.29, 1.82) is 0 Å². The van der Waals surface area contributed by atoms with Gasteiger partial charge in [0.25, 0.3) is 0 Å². The number of benzene rings is 3. The second-order valence-corrected chi connectivity index (χ2v) is 13.3. The lowest BCUT2D eigenvalue weighted by Gasteiger charge is -2.34. The van der Waals surface area contributed by atoms with Crippen LogP contribution in [0.25, 0.3) is 0 Å². The zero-order chi connectivity index (χ0) is 30.3. The molecule has 3 aromatic carbocycles. The number of rotatable bonds is 12. The van der Waals surface area contributed by atoms with E-state index in [1.54, 1.807) is 30.3 Å². The number of amides is 2. The minimum absolute atomic E-state index is 0.0206. The van der Waals surface area contributed by atoms with Crippen LogP contribution >= 0.6 is 23.2 Å². The monoisotopic (exact) mass is 617 g/mol. The first-order chi connectivity index (χ1) is 19.3. The van der Waals surface area contributed by atoms with Gasteiger partial charge in [-0.25, -0.2) is 8.42 Å². The molecule has 41 heavy (non-hydrogen) atoms. The van der Waals surface area contributed by atoms with E-state index in [4.69, 9.17) is 23.2 Å². The van der Waals surface area contributed by atoms with Gasteiger partial charge in [-0.2, -0.15) is 0 Å². The van der Waals surface area contributed by atoms with Gasteiger partial charge in [0.1, 0.15) is 12.6 Å². The highest BCUT2D eigenvalue weighted by molar-refractivity contribution is 7.92. The van der Waals surface area contributed by atoms with Crippen LogP contribution in [0.2, 0.25) is 10.0 Å². The molecule has 0 saturated heterocycles. The maximum absolute atomic E-state index is 14.2. The predicted molar refractivity (Wildman–Crippen MR) is 167 cm³/mol. The molecule has 0 aliphatic carbocycles. The van der Waals surface area contributed by atoms with Crippen LogP contribution in [0.3, 0.4) is 0 Å². The fourth-order valence-corrected chi connectivity index (χ4v) is 5.63. The van der Waals surface area contributed by atoms with Crippen molar-refractivity contribution in [3.63, 3.8) is 0 Å². The lowest BCUT2D eigenvalue weighted by molar-refractivity contribution is -0.140. The molecule has 3 aromatic rings. The molecule has 0 aromatic heterocycles. The third-order valence-corrected chi connectivity index (χ3v) is 8.68. The molecule has 0 radical (unpaired) electrons. The van der Waals surface area contributed by atoms with Crippen molar-refractivity contribution in [2.75, 3.05) is 23.7 Å². The number of aryl methyl sites for hydroxylation is 1. The Morgan fingerprint density at radius 1 is 0.902 bits per heavy atom. The quantitative estimate of drug-likeness (QED) is 0.279. The van der Waals surface area contributed by atoms with Crippen LogP contribution in [0.15, 0.2) is 66.7 Å². The number of sulfonamides is 1. The Hall–Kier alpha value is -3.07. The third kappa shape index (κ3) is 8.96. The van der Waals surface area contributed by atoms with E-state index in [2.05, 4.69) is 5.32 Å². The molecule has 0 saturated carbocycles. The first-order valence-corrected chi connectivity index (χ1v) is 16.0. The molecule has 10 heteroatoms. The van der Waals surface area contributed by atoms with Gasteiger partial charge in [-0.3, -0.25) is 13.9 Å². The topological polar surface area (TPSA) is 86.8 Å². The van der Waals surface area contributed by atoms with Gasteiger partial charge in [0.15, 0.2) is 0 Å². The SMILES string of the molecule is Cc1cccc(N(CC(=O)N(Cc2ccc(Cl)c(Cl)c2)C(Cc2ccccc2)C(=O)NCC(C)C)S(C)(=O)=O)c1C. The Labute approximate surface area is 253 Å². The molecule has 1 atom stereocenters. The molecular weight excluding hydrogens is 581 g/mol. The summed E-state index contributed by atoms with van der Waals surface area (Å²) in [5, 5.41) is 3.64. The number of carbonyl (C=O) groups excluding carboxylic acids is 2. The average Bonchev–Trinajstić information content (AvgIpc) is 2.91. The van der Waals surface area contributed by atoms with Crippen LogP contribution in [0, 0.1) is 19.8 Å². The van der Waals surface area contributed by atoms with Crippen molar-refractivity contribution in [3.8, 4) is 0 Å². The van der Waals surface area contributed by atoms with Gasteiger partial charge in [-0.1, -0.05) is 85.6 Å². The van der Waals surface area contributed by atoms with Crippen LogP contribution in [0.5, 0.6) is 0 Å². The molecule has 220 valence electrons. The second-order valence-electron chi connectivity index (χ2n) is 10.6.